The highest BCUT2D eigenvalue weighted by Crippen LogP contribution is 2.31. The van der Waals surface area contributed by atoms with Crippen LogP contribution in [0.25, 0.3) is 11.0 Å². The lowest BCUT2D eigenvalue weighted by molar-refractivity contribution is -0.459. The second-order valence-electron chi connectivity index (χ2n) is 8.87. The Bertz CT molecular complexity index is 1220. The van der Waals surface area contributed by atoms with E-state index >= 15 is 0 Å². The van der Waals surface area contributed by atoms with E-state index in [1.54, 1.807) is 0 Å². The van der Waals surface area contributed by atoms with E-state index in [0.717, 1.165) is 48.8 Å². The minimum Gasteiger partial charge on any atom is -0.349 e. The third-order valence-electron chi connectivity index (χ3n) is 6.22. The average molecular weight is 452 g/mol. The van der Waals surface area contributed by atoms with Crippen molar-refractivity contribution in [3.8, 4) is 0 Å². The van der Waals surface area contributed by atoms with Crippen molar-refractivity contribution < 1.29 is 4.58 Å². The second-order valence-corrected chi connectivity index (χ2v) is 8.87. The number of nitrogens with zero attached hydrogens (tertiary/aromatic N) is 5. The Hall–Kier alpha value is -3.77. The maximum Gasteiger partial charge on any atom is 0.262 e. The first-order valence-corrected chi connectivity index (χ1v) is 11.8. The molecular weight excluding hydrogens is 420 g/mol. The summed E-state index contributed by atoms with van der Waals surface area (Å²) in [6.45, 7) is 3.67. The molecule has 1 N–H and O–H groups in total. The number of benzene rings is 3. The molecule has 0 saturated carbocycles. The molecule has 0 radical (unpaired) electrons. The highest BCUT2D eigenvalue weighted by molar-refractivity contribution is 5.85. The molecule has 0 amide bonds. The highest BCUT2D eigenvalue weighted by atomic mass is 15.3. The average Bonchev–Trinajstić information content (AvgIpc) is 2.89. The molecule has 0 aliphatic carbocycles. The van der Waals surface area contributed by atoms with Gasteiger partial charge in [0.2, 0.25) is 6.34 Å². The van der Waals surface area contributed by atoms with Crippen molar-refractivity contribution in [2.45, 2.75) is 6.04 Å². The maximum absolute atomic E-state index is 5.01. The number of piperazine rings is 1. The summed E-state index contributed by atoms with van der Waals surface area (Å²) in [5.41, 5.74) is 4.47. The Morgan fingerprint density at radius 3 is 1.82 bits per heavy atom. The van der Waals surface area contributed by atoms with Crippen molar-refractivity contribution >= 4 is 29.0 Å². The van der Waals surface area contributed by atoms with Crippen molar-refractivity contribution in [1.82, 2.24) is 14.9 Å². The number of anilines is 2. The van der Waals surface area contributed by atoms with E-state index in [0.29, 0.717) is 0 Å². The lowest BCUT2D eigenvalue weighted by Crippen LogP contribution is -2.48. The summed E-state index contributed by atoms with van der Waals surface area (Å²) >= 11 is 0. The van der Waals surface area contributed by atoms with Crippen LogP contribution < -0.4 is 10.2 Å². The molecule has 5 rings (SSSR count). The first-order chi connectivity index (χ1) is 16.7. The van der Waals surface area contributed by atoms with Gasteiger partial charge in [-0.3, -0.25) is 9.48 Å². The van der Waals surface area contributed by atoms with Crippen molar-refractivity contribution in [3.63, 3.8) is 0 Å². The summed E-state index contributed by atoms with van der Waals surface area (Å²) in [6.07, 6.45) is 1.92. The fourth-order valence-corrected chi connectivity index (χ4v) is 4.57. The molecule has 0 bridgehead atoms. The molecule has 1 aliphatic rings. The Morgan fingerprint density at radius 2 is 1.26 bits per heavy atom. The lowest BCUT2D eigenvalue weighted by atomic mass is 9.96. The zero-order valence-corrected chi connectivity index (χ0v) is 19.8. The van der Waals surface area contributed by atoms with Crippen LogP contribution in [0.2, 0.25) is 0 Å². The van der Waals surface area contributed by atoms with Crippen LogP contribution in [0.3, 0.4) is 0 Å². The van der Waals surface area contributed by atoms with Gasteiger partial charge in [0.25, 0.3) is 5.82 Å². The van der Waals surface area contributed by atoms with Crippen LogP contribution in [0.5, 0.6) is 0 Å². The Labute approximate surface area is 201 Å². The predicted molar refractivity (Wildman–Crippen MR) is 140 cm³/mol. The van der Waals surface area contributed by atoms with Gasteiger partial charge in [-0.05, 0) is 23.3 Å². The number of rotatable bonds is 6. The van der Waals surface area contributed by atoms with Crippen LogP contribution in [0.1, 0.15) is 17.2 Å². The van der Waals surface area contributed by atoms with Crippen molar-refractivity contribution in [3.05, 3.63) is 96.1 Å². The molecule has 4 aromatic rings. The fourth-order valence-electron chi connectivity index (χ4n) is 4.57. The van der Waals surface area contributed by atoms with Gasteiger partial charge in [-0.1, -0.05) is 72.8 Å². The zero-order valence-electron chi connectivity index (χ0n) is 19.8. The number of nitrogens with one attached hydrogen (secondary N) is 1. The van der Waals surface area contributed by atoms with E-state index in [-0.39, 0.29) is 6.04 Å². The van der Waals surface area contributed by atoms with Crippen LogP contribution in [-0.2, 0) is 0 Å². The van der Waals surface area contributed by atoms with Crippen LogP contribution in [0.4, 0.5) is 11.6 Å². The van der Waals surface area contributed by atoms with Gasteiger partial charge in [-0.15, -0.1) is 0 Å². The molecule has 1 aromatic heterocycles. The van der Waals surface area contributed by atoms with Gasteiger partial charge in [0, 0.05) is 26.2 Å². The largest absolute Gasteiger partial charge is 0.349 e. The van der Waals surface area contributed by atoms with Gasteiger partial charge in [0.15, 0.2) is 5.82 Å². The molecule has 34 heavy (non-hydrogen) atoms. The number of hydrogen-bond donors (Lipinski definition) is 1. The molecule has 1 aliphatic heterocycles. The third kappa shape index (κ3) is 4.77. The molecule has 2 heterocycles. The first kappa shape index (κ1) is 22.0. The molecule has 0 unspecified atom stereocenters. The molecule has 3 aromatic carbocycles. The Balaban J connectivity index is 1.42. The SMILES string of the molecule is C[N+](C)=CNc1nc2ccccc2nc1N1CCN(C(c2ccccc2)c2ccccc2)CC1. The van der Waals surface area contributed by atoms with Crippen LogP contribution in [0, 0.1) is 0 Å². The van der Waals surface area contributed by atoms with E-state index in [4.69, 9.17) is 9.97 Å². The van der Waals surface area contributed by atoms with E-state index in [9.17, 15) is 0 Å². The third-order valence-corrected chi connectivity index (χ3v) is 6.22. The molecule has 1 fully saturated rings. The summed E-state index contributed by atoms with van der Waals surface area (Å²) in [6, 6.07) is 29.9. The normalized spacial score (nSPS) is 14.4. The molecular formula is C28H31N6+. The monoisotopic (exact) mass is 451 g/mol. The number of hydrogen-bond acceptors (Lipinski definition) is 4. The molecule has 0 atom stereocenters. The molecule has 6 heteroatoms. The number of para-hydroxylation sites is 2. The molecule has 1 saturated heterocycles. The maximum atomic E-state index is 5.01. The van der Waals surface area contributed by atoms with Gasteiger partial charge in [0.1, 0.15) is 0 Å². The van der Waals surface area contributed by atoms with Gasteiger partial charge in [-0.25, -0.2) is 15.3 Å². The van der Waals surface area contributed by atoms with Crippen LogP contribution in [-0.4, -0.2) is 66.1 Å². The minimum atomic E-state index is 0.243. The number of aromatic nitrogens is 2. The van der Waals surface area contributed by atoms with Crippen molar-refractivity contribution in [2.24, 2.45) is 0 Å². The minimum absolute atomic E-state index is 0.243. The first-order valence-electron chi connectivity index (χ1n) is 11.8. The van der Waals surface area contributed by atoms with Gasteiger partial charge >= 0.3 is 0 Å². The topological polar surface area (TPSA) is 47.3 Å². The summed E-state index contributed by atoms with van der Waals surface area (Å²) < 4.78 is 1.98. The molecule has 6 nitrogen and oxygen atoms in total. The number of fused-ring (bicyclic) bond motifs is 1. The Morgan fingerprint density at radius 1 is 0.735 bits per heavy atom. The van der Waals surface area contributed by atoms with E-state index < -0.39 is 0 Å². The van der Waals surface area contributed by atoms with Gasteiger partial charge in [0.05, 0.1) is 31.2 Å². The standard InChI is InChI=1S/C28H30N6/c1-32(2)21-29-27-28(31-25-16-10-9-15-24(25)30-27)34-19-17-33(18-20-34)26(22-11-5-3-6-12-22)23-13-7-4-8-14-23/h3-16,21,26H,17-20H2,1-2H3/p+1. The van der Waals surface area contributed by atoms with Crippen molar-refractivity contribution in [1.29, 1.82) is 0 Å². The Kier molecular flexibility index (Phi) is 6.49. The van der Waals surface area contributed by atoms with Crippen LogP contribution in [0.15, 0.2) is 84.9 Å². The zero-order chi connectivity index (χ0) is 23.3. The summed E-state index contributed by atoms with van der Waals surface area (Å²) in [5.74, 6) is 1.70. The highest BCUT2D eigenvalue weighted by Gasteiger charge is 2.28. The van der Waals surface area contributed by atoms with E-state index in [1.165, 1.54) is 11.1 Å². The van der Waals surface area contributed by atoms with E-state index in [2.05, 4.69) is 75.8 Å². The van der Waals surface area contributed by atoms with Gasteiger partial charge in [-0.2, -0.15) is 0 Å². The summed E-state index contributed by atoms with van der Waals surface area (Å²) in [5, 5.41) is 3.36. The van der Waals surface area contributed by atoms with Crippen molar-refractivity contribution in [2.75, 3.05) is 50.5 Å². The smallest absolute Gasteiger partial charge is 0.262 e. The van der Waals surface area contributed by atoms with Crippen LogP contribution >= 0.6 is 0 Å². The molecule has 172 valence electrons. The summed E-state index contributed by atoms with van der Waals surface area (Å²) in [4.78, 5) is 14.8. The second kappa shape index (κ2) is 10.0. The fraction of sp³-hybridized carbons (Fsp3) is 0.250. The summed E-state index contributed by atoms with van der Waals surface area (Å²) in [7, 11) is 3.99. The lowest BCUT2D eigenvalue weighted by Gasteiger charge is -2.40. The van der Waals surface area contributed by atoms with E-state index in [1.807, 2.05) is 49.3 Å². The predicted octanol–water partition coefficient (Wildman–Crippen LogP) is 4.25. The molecule has 0 spiro atoms. The van der Waals surface area contributed by atoms with Gasteiger partial charge < -0.3 is 4.90 Å². The quantitative estimate of drug-likeness (QED) is 0.270.